The molecule has 2 heteroatoms. The lowest BCUT2D eigenvalue weighted by Gasteiger charge is -1.96. The van der Waals surface area contributed by atoms with E-state index in [0.29, 0.717) is 12.0 Å². The molecule has 1 aromatic heterocycles. The molecule has 0 aromatic carbocycles. The minimum Gasteiger partial charge on any atom is -0.327 e. The highest BCUT2D eigenvalue weighted by molar-refractivity contribution is 5.25. The third kappa shape index (κ3) is 1.26. The standard InChI is InChI=1S/C9H12N2/c1-6-2-3-7(5-11-6)8-4-9(8)10/h2-3,5,8-9H,4,10H2,1H3. The van der Waals surface area contributed by atoms with Crippen molar-refractivity contribution in [2.24, 2.45) is 5.73 Å². The van der Waals surface area contributed by atoms with E-state index in [-0.39, 0.29) is 0 Å². The van der Waals surface area contributed by atoms with Gasteiger partial charge >= 0.3 is 0 Å². The molecule has 11 heavy (non-hydrogen) atoms. The molecule has 1 aliphatic rings. The topological polar surface area (TPSA) is 38.9 Å². The molecule has 0 bridgehead atoms. The van der Waals surface area contributed by atoms with E-state index in [1.54, 1.807) is 0 Å². The highest BCUT2D eigenvalue weighted by Crippen LogP contribution is 2.38. The van der Waals surface area contributed by atoms with Crippen LogP contribution in [-0.2, 0) is 0 Å². The molecule has 2 nitrogen and oxygen atoms in total. The SMILES string of the molecule is Cc1ccc(C2CC2N)cn1. The first-order valence-electron chi connectivity index (χ1n) is 3.95. The number of pyridine rings is 1. The Morgan fingerprint density at radius 2 is 2.27 bits per heavy atom. The average molecular weight is 148 g/mol. The van der Waals surface area contributed by atoms with Crippen molar-refractivity contribution in [3.8, 4) is 0 Å². The average Bonchev–Trinajstić information content (AvgIpc) is 2.69. The van der Waals surface area contributed by atoms with Crippen molar-refractivity contribution in [1.29, 1.82) is 0 Å². The number of aromatic nitrogens is 1. The molecule has 58 valence electrons. The van der Waals surface area contributed by atoms with Crippen molar-refractivity contribution in [2.45, 2.75) is 25.3 Å². The zero-order valence-electron chi connectivity index (χ0n) is 6.62. The fourth-order valence-electron chi connectivity index (χ4n) is 1.30. The second-order valence-electron chi connectivity index (χ2n) is 3.24. The molecule has 0 amide bonds. The molecule has 2 N–H and O–H groups in total. The molecule has 1 aromatic rings. The Hall–Kier alpha value is -0.890. The van der Waals surface area contributed by atoms with Crippen molar-refractivity contribution in [2.75, 3.05) is 0 Å². The molecular weight excluding hydrogens is 136 g/mol. The van der Waals surface area contributed by atoms with Gasteiger partial charge in [-0.15, -0.1) is 0 Å². The molecule has 0 saturated heterocycles. The van der Waals surface area contributed by atoms with E-state index >= 15 is 0 Å². The summed E-state index contributed by atoms with van der Waals surface area (Å²) in [6, 6.07) is 4.56. The van der Waals surface area contributed by atoms with Gasteiger partial charge in [-0.3, -0.25) is 4.98 Å². The molecule has 0 spiro atoms. The summed E-state index contributed by atoms with van der Waals surface area (Å²) in [6.07, 6.45) is 3.07. The molecule has 0 radical (unpaired) electrons. The van der Waals surface area contributed by atoms with Crippen molar-refractivity contribution in [1.82, 2.24) is 4.98 Å². The second-order valence-corrected chi connectivity index (χ2v) is 3.24. The van der Waals surface area contributed by atoms with Gasteiger partial charge in [0, 0.05) is 23.9 Å². The molecule has 1 heterocycles. The summed E-state index contributed by atoms with van der Waals surface area (Å²) in [5.74, 6) is 0.586. The first-order valence-corrected chi connectivity index (χ1v) is 3.95. The molecule has 1 saturated carbocycles. The maximum Gasteiger partial charge on any atom is 0.0372 e. The lowest BCUT2D eigenvalue weighted by atomic mass is 10.2. The zero-order chi connectivity index (χ0) is 7.84. The second kappa shape index (κ2) is 2.31. The van der Waals surface area contributed by atoms with E-state index in [1.165, 1.54) is 5.56 Å². The first-order chi connectivity index (χ1) is 5.27. The third-order valence-electron chi connectivity index (χ3n) is 2.20. The van der Waals surface area contributed by atoms with E-state index < -0.39 is 0 Å². The third-order valence-corrected chi connectivity index (χ3v) is 2.20. The van der Waals surface area contributed by atoms with E-state index in [4.69, 9.17) is 5.73 Å². The molecule has 0 aliphatic heterocycles. The fourth-order valence-corrected chi connectivity index (χ4v) is 1.30. The monoisotopic (exact) mass is 148 g/mol. The Bertz CT molecular complexity index is 253. The van der Waals surface area contributed by atoms with Crippen LogP contribution in [0.25, 0.3) is 0 Å². The van der Waals surface area contributed by atoms with E-state index in [9.17, 15) is 0 Å². The molecule has 2 atom stereocenters. The van der Waals surface area contributed by atoms with Gasteiger partial charge in [-0.2, -0.15) is 0 Å². The van der Waals surface area contributed by atoms with Crippen LogP contribution >= 0.6 is 0 Å². The van der Waals surface area contributed by atoms with E-state index in [1.807, 2.05) is 19.2 Å². The largest absolute Gasteiger partial charge is 0.327 e. The van der Waals surface area contributed by atoms with Gasteiger partial charge in [0.2, 0.25) is 0 Å². The summed E-state index contributed by atoms with van der Waals surface area (Å²) in [5.41, 5.74) is 8.08. The lowest BCUT2D eigenvalue weighted by Crippen LogP contribution is -2.01. The predicted molar refractivity (Wildman–Crippen MR) is 44.3 cm³/mol. The fraction of sp³-hybridized carbons (Fsp3) is 0.444. The summed E-state index contributed by atoms with van der Waals surface area (Å²) in [6.45, 7) is 2.00. The highest BCUT2D eigenvalue weighted by Gasteiger charge is 2.34. The Morgan fingerprint density at radius 1 is 1.55 bits per heavy atom. The van der Waals surface area contributed by atoms with Crippen LogP contribution in [0.2, 0.25) is 0 Å². The molecule has 2 unspecified atom stereocenters. The van der Waals surface area contributed by atoms with Crippen LogP contribution < -0.4 is 5.73 Å². The minimum absolute atomic E-state index is 0.388. The van der Waals surface area contributed by atoms with Crippen molar-refractivity contribution < 1.29 is 0 Å². The van der Waals surface area contributed by atoms with Crippen LogP contribution in [-0.4, -0.2) is 11.0 Å². The number of rotatable bonds is 1. The van der Waals surface area contributed by atoms with Crippen LogP contribution in [0.1, 0.15) is 23.6 Å². The Kier molecular flexibility index (Phi) is 1.43. The predicted octanol–water partition coefficient (Wildman–Crippen LogP) is 1.20. The van der Waals surface area contributed by atoms with Gasteiger partial charge in [-0.05, 0) is 25.0 Å². The van der Waals surface area contributed by atoms with Crippen molar-refractivity contribution in [3.63, 3.8) is 0 Å². The van der Waals surface area contributed by atoms with Gasteiger partial charge in [0.15, 0.2) is 0 Å². The zero-order valence-corrected chi connectivity index (χ0v) is 6.62. The van der Waals surface area contributed by atoms with Gasteiger partial charge in [-0.1, -0.05) is 6.07 Å². The summed E-state index contributed by atoms with van der Waals surface area (Å²) in [7, 11) is 0. The van der Waals surface area contributed by atoms with Gasteiger partial charge in [0.05, 0.1) is 0 Å². The summed E-state index contributed by atoms with van der Waals surface area (Å²) in [5, 5.41) is 0. The molecule has 2 rings (SSSR count). The van der Waals surface area contributed by atoms with Crippen molar-refractivity contribution in [3.05, 3.63) is 29.6 Å². The van der Waals surface area contributed by atoms with Gasteiger partial charge < -0.3 is 5.73 Å². The number of hydrogen-bond donors (Lipinski definition) is 1. The number of nitrogens with two attached hydrogens (primary N) is 1. The van der Waals surface area contributed by atoms with Crippen LogP contribution in [0.3, 0.4) is 0 Å². The number of nitrogens with zero attached hydrogens (tertiary/aromatic N) is 1. The van der Waals surface area contributed by atoms with Crippen LogP contribution in [0.5, 0.6) is 0 Å². The summed E-state index contributed by atoms with van der Waals surface area (Å²) >= 11 is 0. The minimum atomic E-state index is 0.388. The Morgan fingerprint density at radius 3 is 2.73 bits per heavy atom. The maximum atomic E-state index is 5.71. The van der Waals surface area contributed by atoms with E-state index in [0.717, 1.165) is 12.1 Å². The number of aryl methyl sites for hydroxylation is 1. The van der Waals surface area contributed by atoms with E-state index in [2.05, 4.69) is 11.1 Å². The molecular formula is C9H12N2. The van der Waals surface area contributed by atoms with Crippen LogP contribution in [0.4, 0.5) is 0 Å². The first kappa shape index (κ1) is 6.80. The lowest BCUT2D eigenvalue weighted by molar-refractivity contribution is 0.975. The maximum absolute atomic E-state index is 5.71. The quantitative estimate of drug-likeness (QED) is 0.650. The van der Waals surface area contributed by atoms with Gasteiger partial charge in [0.25, 0.3) is 0 Å². The van der Waals surface area contributed by atoms with Gasteiger partial charge in [0.1, 0.15) is 0 Å². The Balaban J connectivity index is 2.21. The highest BCUT2D eigenvalue weighted by atomic mass is 14.8. The molecule has 1 aliphatic carbocycles. The summed E-state index contributed by atoms with van der Waals surface area (Å²) in [4.78, 5) is 4.22. The van der Waals surface area contributed by atoms with Gasteiger partial charge in [-0.25, -0.2) is 0 Å². The van der Waals surface area contributed by atoms with Crippen molar-refractivity contribution >= 4 is 0 Å². The molecule has 1 fully saturated rings. The van der Waals surface area contributed by atoms with Crippen LogP contribution in [0, 0.1) is 6.92 Å². The summed E-state index contributed by atoms with van der Waals surface area (Å²) < 4.78 is 0. The number of hydrogen-bond acceptors (Lipinski definition) is 2. The smallest absolute Gasteiger partial charge is 0.0372 e. The van der Waals surface area contributed by atoms with Crippen LogP contribution in [0.15, 0.2) is 18.3 Å². The Labute approximate surface area is 66.4 Å². The normalized spacial score (nSPS) is 28.5.